The Morgan fingerprint density at radius 2 is 1.86 bits per heavy atom. The van der Waals surface area contributed by atoms with Crippen molar-refractivity contribution in [2.24, 2.45) is 0 Å². The minimum Gasteiger partial charge on any atom is -0.444 e. The Kier molecular flexibility index (Phi) is 5.90. The molecule has 0 unspecified atom stereocenters. The number of hydrogen-bond acceptors (Lipinski definition) is 7. The highest BCUT2D eigenvalue weighted by molar-refractivity contribution is 5.86. The van der Waals surface area contributed by atoms with Crippen LogP contribution in [0.4, 0.5) is 16.3 Å². The topological polar surface area (TPSA) is 109 Å². The predicted molar refractivity (Wildman–Crippen MR) is 106 cm³/mol. The van der Waals surface area contributed by atoms with Gasteiger partial charge in [-0.1, -0.05) is 0 Å². The first-order valence-electron chi connectivity index (χ1n) is 9.79. The molecule has 158 valence electrons. The minimum absolute atomic E-state index is 0.0500. The van der Waals surface area contributed by atoms with Gasteiger partial charge in [0.2, 0.25) is 5.91 Å². The molecule has 2 aliphatic heterocycles. The summed E-state index contributed by atoms with van der Waals surface area (Å²) >= 11 is 0. The number of hydrogen-bond donors (Lipinski definition) is 0. The molecule has 10 heteroatoms. The molecule has 1 atom stereocenters. The maximum Gasteiger partial charge on any atom is 0.410 e. The Morgan fingerprint density at radius 1 is 1.17 bits per heavy atom. The molecule has 0 aromatic carbocycles. The van der Waals surface area contributed by atoms with Crippen LogP contribution >= 0.6 is 0 Å². The van der Waals surface area contributed by atoms with E-state index in [9.17, 15) is 19.7 Å². The van der Waals surface area contributed by atoms with Gasteiger partial charge in [0.05, 0.1) is 4.92 Å². The summed E-state index contributed by atoms with van der Waals surface area (Å²) in [7, 11) is 0. The lowest BCUT2D eigenvalue weighted by Gasteiger charge is -2.38. The average molecular weight is 405 g/mol. The largest absolute Gasteiger partial charge is 0.444 e. The van der Waals surface area contributed by atoms with Crippen LogP contribution in [0.3, 0.4) is 0 Å². The lowest BCUT2D eigenvalue weighted by atomic mass is 10.1. The molecule has 10 nitrogen and oxygen atoms in total. The summed E-state index contributed by atoms with van der Waals surface area (Å²) in [6, 6.07) is 2.57. The fourth-order valence-corrected chi connectivity index (χ4v) is 3.60. The van der Waals surface area contributed by atoms with Gasteiger partial charge in [-0.15, -0.1) is 0 Å². The number of likely N-dealkylation sites (tertiary alicyclic amines) is 1. The van der Waals surface area contributed by atoms with Crippen molar-refractivity contribution in [2.75, 3.05) is 37.6 Å². The van der Waals surface area contributed by atoms with E-state index in [-0.39, 0.29) is 11.6 Å². The first-order valence-corrected chi connectivity index (χ1v) is 9.79. The van der Waals surface area contributed by atoms with Gasteiger partial charge in [-0.05, 0) is 39.7 Å². The molecule has 0 radical (unpaired) electrons. The van der Waals surface area contributed by atoms with Crippen molar-refractivity contribution in [2.45, 2.75) is 45.3 Å². The van der Waals surface area contributed by atoms with Crippen LogP contribution in [-0.2, 0) is 9.53 Å². The molecule has 1 aromatic heterocycles. The lowest BCUT2D eigenvalue weighted by Crippen LogP contribution is -2.55. The maximum atomic E-state index is 13.0. The quantitative estimate of drug-likeness (QED) is 0.559. The van der Waals surface area contributed by atoms with Gasteiger partial charge in [0.15, 0.2) is 0 Å². The van der Waals surface area contributed by atoms with Crippen LogP contribution < -0.4 is 4.90 Å². The molecule has 29 heavy (non-hydrogen) atoms. The number of rotatable bonds is 3. The van der Waals surface area contributed by atoms with E-state index in [1.54, 1.807) is 11.0 Å². The third-order valence-electron chi connectivity index (χ3n) is 5.02. The van der Waals surface area contributed by atoms with Crippen molar-refractivity contribution in [3.63, 3.8) is 0 Å². The number of aromatic nitrogens is 1. The molecule has 0 saturated carbocycles. The van der Waals surface area contributed by atoms with Gasteiger partial charge in [0.25, 0.3) is 5.69 Å². The van der Waals surface area contributed by atoms with E-state index >= 15 is 0 Å². The Morgan fingerprint density at radius 3 is 2.41 bits per heavy atom. The minimum atomic E-state index is -0.601. The standard InChI is InChI=1S/C19H27N5O5/c1-19(2,3)29-18(26)23-8-4-5-15(23)17(25)22-11-9-21(10-12-22)16-7-6-14(13-20-16)24(27)28/h6-7,13,15H,4-5,8-12H2,1-3H3/t15-/m0/s1. The second-order valence-corrected chi connectivity index (χ2v) is 8.28. The first-order chi connectivity index (χ1) is 13.7. The van der Waals surface area contributed by atoms with Gasteiger partial charge in [0, 0.05) is 38.8 Å². The number of nitro groups is 1. The molecule has 0 N–H and O–H groups in total. The summed E-state index contributed by atoms with van der Waals surface area (Å²) in [5, 5.41) is 10.8. The zero-order chi connectivity index (χ0) is 21.2. The van der Waals surface area contributed by atoms with Crippen molar-refractivity contribution in [3.05, 3.63) is 28.4 Å². The van der Waals surface area contributed by atoms with Crippen LogP contribution in [0.2, 0.25) is 0 Å². The van der Waals surface area contributed by atoms with Crippen molar-refractivity contribution in [3.8, 4) is 0 Å². The summed E-state index contributed by atoms with van der Waals surface area (Å²) in [4.78, 5) is 45.2. The molecule has 3 rings (SSSR count). The van der Waals surface area contributed by atoms with E-state index in [1.807, 2.05) is 25.7 Å². The monoisotopic (exact) mass is 405 g/mol. The van der Waals surface area contributed by atoms with Crippen LogP contribution in [0.5, 0.6) is 0 Å². The summed E-state index contributed by atoms with van der Waals surface area (Å²) in [5.41, 5.74) is -0.651. The van der Waals surface area contributed by atoms with E-state index < -0.39 is 22.7 Å². The smallest absolute Gasteiger partial charge is 0.410 e. The Bertz CT molecular complexity index is 768. The van der Waals surface area contributed by atoms with Gasteiger partial charge in [-0.2, -0.15) is 0 Å². The Balaban J connectivity index is 1.58. The van der Waals surface area contributed by atoms with Crippen LogP contribution in [0.1, 0.15) is 33.6 Å². The molecule has 0 spiro atoms. The second-order valence-electron chi connectivity index (χ2n) is 8.28. The molecule has 2 fully saturated rings. The van der Waals surface area contributed by atoms with Gasteiger partial charge < -0.3 is 14.5 Å². The predicted octanol–water partition coefficient (Wildman–Crippen LogP) is 2.04. The highest BCUT2D eigenvalue weighted by atomic mass is 16.6. The molecule has 1 aromatic rings. The fraction of sp³-hybridized carbons (Fsp3) is 0.632. The van der Waals surface area contributed by atoms with Crippen molar-refractivity contribution < 1.29 is 19.2 Å². The summed E-state index contributed by atoms with van der Waals surface area (Å²) in [5.74, 6) is 0.601. The van der Waals surface area contributed by atoms with Crippen LogP contribution in [0, 0.1) is 10.1 Å². The number of pyridine rings is 1. The molecular formula is C19H27N5O5. The molecular weight excluding hydrogens is 378 g/mol. The number of carbonyl (C=O) groups excluding carboxylic acids is 2. The third kappa shape index (κ3) is 4.93. The zero-order valence-corrected chi connectivity index (χ0v) is 17.0. The van der Waals surface area contributed by atoms with Crippen LogP contribution in [0.25, 0.3) is 0 Å². The van der Waals surface area contributed by atoms with Gasteiger partial charge in [-0.25, -0.2) is 9.78 Å². The van der Waals surface area contributed by atoms with Gasteiger partial charge in [0.1, 0.15) is 23.7 Å². The molecule has 2 aliphatic rings. The summed E-state index contributed by atoms with van der Waals surface area (Å²) in [6.07, 6.45) is 2.22. The zero-order valence-electron chi connectivity index (χ0n) is 17.0. The Labute approximate surface area is 169 Å². The Hall–Kier alpha value is -2.91. The normalized spacial score (nSPS) is 20.0. The highest BCUT2D eigenvalue weighted by Crippen LogP contribution is 2.24. The lowest BCUT2D eigenvalue weighted by molar-refractivity contribution is -0.385. The second kappa shape index (κ2) is 8.22. The average Bonchev–Trinajstić information content (AvgIpc) is 3.16. The SMILES string of the molecule is CC(C)(C)OC(=O)N1CCC[C@H]1C(=O)N1CCN(c2ccc([N+](=O)[O-])cn2)CC1. The summed E-state index contributed by atoms with van der Waals surface area (Å²) < 4.78 is 5.44. The molecule has 2 amide bonds. The molecule has 0 aliphatic carbocycles. The number of anilines is 1. The molecule has 0 bridgehead atoms. The van der Waals surface area contributed by atoms with Crippen LogP contribution in [-0.4, -0.2) is 76.1 Å². The van der Waals surface area contributed by atoms with E-state index in [0.717, 1.165) is 6.42 Å². The van der Waals surface area contributed by atoms with Crippen molar-refractivity contribution in [1.29, 1.82) is 0 Å². The summed E-state index contributed by atoms with van der Waals surface area (Å²) in [6.45, 7) is 8.13. The third-order valence-corrected chi connectivity index (χ3v) is 5.02. The first kappa shape index (κ1) is 20.8. The molecule has 3 heterocycles. The number of piperazine rings is 1. The van der Waals surface area contributed by atoms with E-state index in [0.29, 0.717) is 45.0 Å². The highest BCUT2D eigenvalue weighted by Gasteiger charge is 2.39. The van der Waals surface area contributed by atoms with E-state index in [2.05, 4.69) is 4.98 Å². The van der Waals surface area contributed by atoms with Crippen molar-refractivity contribution >= 4 is 23.5 Å². The van der Waals surface area contributed by atoms with E-state index in [4.69, 9.17) is 4.74 Å². The van der Waals surface area contributed by atoms with Gasteiger partial charge in [-0.3, -0.25) is 19.8 Å². The fourth-order valence-electron chi connectivity index (χ4n) is 3.60. The number of ether oxygens (including phenoxy) is 1. The number of carbonyl (C=O) groups is 2. The number of nitrogens with zero attached hydrogens (tertiary/aromatic N) is 5. The van der Waals surface area contributed by atoms with E-state index in [1.165, 1.54) is 17.2 Å². The number of amides is 2. The van der Waals surface area contributed by atoms with Crippen LogP contribution in [0.15, 0.2) is 18.3 Å². The molecule has 2 saturated heterocycles. The van der Waals surface area contributed by atoms with Gasteiger partial charge >= 0.3 is 6.09 Å². The maximum absolute atomic E-state index is 13.0. The van der Waals surface area contributed by atoms with Crippen molar-refractivity contribution in [1.82, 2.24) is 14.8 Å².